The van der Waals surface area contributed by atoms with E-state index in [0.29, 0.717) is 19.8 Å². The first-order valence-electron chi connectivity index (χ1n) is 7.70. The zero-order valence-corrected chi connectivity index (χ0v) is 13.8. The Morgan fingerprint density at radius 3 is 2.70 bits per heavy atom. The first-order chi connectivity index (χ1) is 11.1. The zero-order chi connectivity index (χ0) is 16.7. The summed E-state index contributed by atoms with van der Waals surface area (Å²) in [6.07, 6.45) is 7.26. The molecule has 1 heterocycles. The van der Waals surface area contributed by atoms with E-state index in [1.54, 1.807) is 6.92 Å². The highest BCUT2D eigenvalue weighted by Gasteiger charge is 2.11. The van der Waals surface area contributed by atoms with Gasteiger partial charge in [0.1, 0.15) is 13.2 Å². The molecule has 1 aliphatic heterocycles. The number of esters is 1. The van der Waals surface area contributed by atoms with Crippen LogP contribution in [0.5, 0.6) is 11.5 Å². The lowest BCUT2D eigenvalue weighted by Gasteiger charge is -2.18. The quantitative estimate of drug-likeness (QED) is 0.469. The molecule has 0 aliphatic carbocycles. The van der Waals surface area contributed by atoms with Crippen molar-refractivity contribution in [2.45, 2.75) is 20.8 Å². The van der Waals surface area contributed by atoms with Gasteiger partial charge in [0.25, 0.3) is 0 Å². The Hall–Kier alpha value is -2.49. The molecule has 2 rings (SSSR count). The summed E-state index contributed by atoms with van der Waals surface area (Å²) in [6.45, 7) is 7.24. The van der Waals surface area contributed by atoms with Gasteiger partial charge in [0.2, 0.25) is 0 Å². The van der Waals surface area contributed by atoms with E-state index in [1.165, 1.54) is 6.08 Å². The molecule has 0 saturated heterocycles. The molecule has 23 heavy (non-hydrogen) atoms. The Kier molecular flexibility index (Phi) is 6.03. The molecular formula is C19H22O4. The van der Waals surface area contributed by atoms with Crippen LogP contribution in [0.3, 0.4) is 0 Å². The number of allylic oxidation sites excluding steroid dienone is 5. The Balaban J connectivity index is 2.05. The molecule has 0 aromatic heterocycles. The van der Waals surface area contributed by atoms with Crippen LogP contribution in [0.25, 0.3) is 5.57 Å². The molecule has 1 aromatic carbocycles. The number of hydrogen-bond donors (Lipinski definition) is 0. The van der Waals surface area contributed by atoms with E-state index in [9.17, 15) is 4.79 Å². The lowest BCUT2D eigenvalue weighted by molar-refractivity contribution is -0.137. The van der Waals surface area contributed by atoms with Crippen molar-refractivity contribution in [2.75, 3.05) is 19.8 Å². The molecule has 0 spiro atoms. The highest BCUT2D eigenvalue weighted by Crippen LogP contribution is 2.32. The van der Waals surface area contributed by atoms with Gasteiger partial charge in [-0.1, -0.05) is 24.3 Å². The normalized spacial score (nSPS) is 14.9. The van der Waals surface area contributed by atoms with Crippen molar-refractivity contribution in [1.29, 1.82) is 0 Å². The molecule has 0 bridgehead atoms. The first-order valence-corrected chi connectivity index (χ1v) is 7.70. The number of ether oxygens (including phenoxy) is 3. The SMILES string of the molecule is CCOC(=O)C=C(C)C=CC=C(C)c1ccc2c(c1)OCCO2. The van der Waals surface area contributed by atoms with Gasteiger partial charge >= 0.3 is 5.97 Å². The van der Waals surface area contributed by atoms with E-state index in [0.717, 1.165) is 28.2 Å². The van der Waals surface area contributed by atoms with Gasteiger partial charge in [-0.25, -0.2) is 4.79 Å². The van der Waals surface area contributed by atoms with Gasteiger partial charge < -0.3 is 14.2 Å². The average Bonchev–Trinajstić information content (AvgIpc) is 2.54. The third-order valence-electron chi connectivity index (χ3n) is 3.33. The molecule has 0 unspecified atom stereocenters. The summed E-state index contributed by atoms with van der Waals surface area (Å²) in [5.41, 5.74) is 3.02. The van der Waals surface area contributed by atoms with Crippen LogP contribution in [0.2, 0.25) is 0 Å². The summed E-state index contributed by atoms with van der Waals surface area (Å²) in [5.74, 6) is 1.25. The van der Waals surface area contributed by atoms with Gasteiger partial charge in [-0.3, -0.25) is 0 Å². The Morgan fingerprint density at radius 2 is 1.96 bits per heavy atom. The predicted molar refractivity (Wildman–Crippen MR) is 90.6 cm³/mol. The van der Waals surface area contributed by atoms with Crippen molar-refractivity contribution in [3.63, 3.8) is 0 Å². The molecule has 1 aliphatic rings. The van der Waals surface area contributed by atoms with Crippen LogP contribution in [0, 0.1) is 0 Å². The Bertz CT molecular complexity index is 653. The van der Waals surface area contributed by atoms with Gasteiger partial charge in [0.05, 0.1) is 6.61 Å². The molecule has 0 N–H and O–H groups in total. The Morgan fingerprint density at radius 1 is 1.22 bits per heavy atom. The molecule has 0 fully saturated rings. The summed E-state index contributed by atoms with van der Waals surface area (Å²) in [5, 5.41) is 0. The number of carbonyl (C=O) groups excluding carboxylic acids is 1. The molecule has 0 radical (unpaired) electrons. The minimum Gasteiger partial charge on any atom is -0.486 e. The maximum absolute atomic E-state index is 11.3. The van der Waals surface area contributed by atoms with Gasteiger partial charge in [-0.15, -0.1) is 0 Å². The van der Waals surface area contributed by atoms with Crippen LogP contribution in [-0.2, 0) is 9.53 Å². The number of fused-ring (bicyclic) bond motifs is 1. The Labute approximate surface area is 137 Å². The van der Waals surface area contributed by atoms with E-state index in [-0.39, 0.29) is 5.97 Å². The lowest BCUT2D eigenvalue weighted by Crippen LogP contribution is -2.15. The standard InChI is InChI=1S/C19H22O4/c1-4-21-19(20)12-14(2)6-5-7-15(3)16-8-9-17-18(13-16)23-11-10-22-17/h5-9,12-13H,4,10-11H2,1-3H3. The molecular weight excluding hydrogens is 292 g/mol. The third kappa shape index (κ3) is 5.02. The molecule has 0 saturated carbocycles. The van der Waals surface area contributed by atoms with Crippen LogP contribution in [0.4, 0.5) is 0 Å². The van der Waals surface area contributed by atoms with Gasteiger partial charge in [-0.2, -0.15) is 0 Å². The predicted octanol–water partition coefficient (Wildman–Crippen LogP) is 3.93. The van der Waals surface area contributed by atoms with Crippen LogP contribution in [0.1, 0.15) is 26.3 Å². The fraction of sp³-hybridized carbons (Fsp3) is 0.316. The highest BCUT2D eigenvalue weighted by molar-refractivity contribution is 5.83. The summed E-state index contributed by atoms with van der Waals surface area (Å²) < 4.78 is 16.0. The van der Waals surface area contributed by atoms with Crippen LogP contribution < -0.4 is 9.47 Å². The number of carbonyl (C=O) groups is 1. The summed E-state index contributed by atoms with van der Waals surface area (Å²) in [7, 11) is 0. The van der Waals surface area contributed by atoms with Crippen molar-refractivity contribution < 1.29 is 19.0 Å². The second-order valence-electron chi connectivity index (χ2n) is 5.21. The lowest BCUT2D eigenvalue weighted by atomic mass is 10.1. The second kappa shape index (κ2) is 8.22. The third-order valence-corrected chi connectivity index (χ3v) is 3.33. The summed E-state index contributed by atoms with van der Waals surface area (Å²) in [6, 6.07) is 5.92. The van der Waals surface area contributed by atoms with E-state index in [1.807, 2.05) is 50.3 Å². The fourth-order valence-corrected chi connectivity index (χ4v) is 2.15. The van der Waals surface area contributed by atoms with Crippen LogP contribution in [-0.4, -0.2) is 25.8 Å². The largest absolute Gasteiger partial charge is 0.486 e. The smallest absolute Gasteiger partial charge is 0.330 e. The maximum atomic E-state index is 11.3. The molecule has 4 nitrogen and oxygen atoms in total. The number of benzene rings is 1. The van der Waals surface area contributed by atoms with Gasteiger partial charge in [0, 0.05) is 6.08 Å². The highest BCUT2D eigenvalue weighted by atomic mass is 16.6. The molecule has 1 aromatic rings. The molecule has 0 amide bonds. The fourth-order valence-electron chi connectivity index (χ4n) is 2.15. The van der Waals surface area contributed by atoms with Crippen molar-refractivity contribution in [2.24, 2.45) is 0 Å². The zero-order valence-electron chi connectivity index (χ0n) is 13.8. The summed E-state index contributed by atoms with van der Waals surface area (Å²) >= 11 is 0. The molecule has 4 heteroatoms. The van der Waals surface area contributed by atoms with Gasteiger partial charge in [0.15, 0.2) is 11.5 Å². The van der Waals surface area contributed by atoms with E-state index >= 15 is 0 Å². The minimum absolute atomic E-state index is 0.317. The molecule has 0 atom stereocenters. The topological polar surface area (TPSA) is 44.8 Å². The molecule has 122 valence electrons. The van der Waals surface area contributed by atoms with Crippen molar-refractivity contribution in [3.05, 3.63) is 53.6 Å². The first kappa shape index (κ1) is 16.9. The van der Waals surface area contributed by atoms with Crippen LogP contribution >= 0.6 is 0 Å². The van der Waals surface area contributed by atoms with Crippen molar-refractivity contribution in [1.82, 2.24) is 0 Å². The maximum Gasteiger partial charge on any atom is 0.330 e. The van der Waals surface area contributed by atoms with Crippen LogP contribution in [0.15, 0.2) is 48.1 Å². The number of hydrogen-bond acceptors (Lipinski definition) is 4. The monoisotopic (exact) mass is 314 g/mol. The van der Waals surface area contributed by atoms with E-state index < -0.39 is 0 Å². The van der Waals surface area contributed by atoms with E-state index in [4.69, 9.17) is 14.2 Å². The van der Waals surface area contributed by atoms with E-state index in [2.05, 4.69) is 0 Å². The van der Waals surface area contributed by atoms with Gasteiger partial charge in [-0.05, 0) is 49.6 Å². The second-order valence-corrected chi connectivity index (χ2v) is 5.21. The van der Waals surface area contributed by atoms with Crippen molar-refractivity contribution in [3.8, 4) is 11.5 Å². The average molecular weight is 314 g/mol. The summed E-state index contributed by atoms with van der Waals surface area (Å²) in [4.78, 5) is 11.3. The van der Waals surface area contributed by atoms with Crippen molar-refractivity contribution >= 4 is 11.5 Å². The minimum atomic E-state index is -0.317. The number of rotatable bonds is 5.